The van der Waals surface area contributed by atoms with Crippen molar-refractivity contribution in [1.82, 2.24) is 9.80 Å². The molecule has 0 aromatic heterocycles. The Labute approximate surface area is 207 Å². The van der Waals surface area contributed by atoms with Crippen LogP contribution in [0, 0.1) is 34.5 Å². The standard InChI is InChI=1S/C29H46N2O3/c1-20-22(19-31-13-11-30(5)12-14-31)17-25-28(2,3)9-8-10-29(25,4)26(20)27(32)21-15-23(33-6)18-24(16-21)34-7/h15-16,18,20,22,25-26H,8-14,17,19H2,1-7H3/t20-,22-,25?,26-,29+/m1/s1. The van der Waals surface area contributed by atoms with Gasteiger partial charge < -0.3 is 19.3 Å². The Balaban J connectivity index is 1.69. The van der Waals surface area contributed by atoms with E-state index < -0.39 is 0 Å². The highest BCUT2D eigenvalue weighted by atomic mass is 16.5. The quantitative estimate of drug-likeness (QED) is 0.532. The summed E-state index contributed by atoms with van der Waals surface area (Å²) >= 11 is 0. The zero-order valence-corrected chi connectivity index (χ0v) is 22.5. The Morgan fingerprint density at radius 3 is 2.21 bits per heavy atom. The Bertz CT molecular complexity index is 854. The maximum absolute atomic E-state index is 14.4. The van der Waals surface area contributed by atoms with Gasteiger partial charge in [0.2, 0.25) is 0 Å². The Morgan fingerprint density at radius 1 is 1.00 bits per heavy atom. The smallest absolute Gasteiger partial charge is 0.167 e. The molecule has 5 nitrogen and oxygen atoms in total. The van der Waals surface area contributed by atoms with E-state index in [2.05, 4.69) is 44.5 Å². The van der Waals surface area contributed by atoms with Crippen molar-refractivity contribution in [3.8, 4) is 11.5 Å². The number of carbonyl (C=O) groups is 1. The van der Waals surface area contributed by atoms with Crippen LogP contribution in [0.25, 0.3) is 0 Å². The van der Waals surface area contributed by atoms with Gasteiger partial charge in [-0.05, 0) is 67.0 Å². The minimum absolute atomic E-state index is 0.0140. The number of carbonyl (C=O) groups excluding carboxylic acids is 1. The largest absolute Gasteiger partial charge is 0.497 e. The molecule has 0 radical (unpaired) electrons. The van der Waals surface area contributed by atoms with Crippen molar-refractivity contribution in [2.75, 3.05) is 54.0 Å². The van der Waals surface area contributed by atoms with Crippen LogP contribution in [0.4, 0.5) is 0 Å². The average Bonchev–Trinajstić information content (AvgIpc) is 2.80. The first-order valence-corrected chi connectivity index (χ1v) is 13.3. The molecule has 0 amide bonds. The summed E-state index contributed by atoms with van der Waals surface area (Å²) in [5.41, 5.74) is 1.02. The molecule has 2 aliphatic carbocycles. The number of ketones is 1. The highest BCUT2D eigenvalue weighted by Crippen LogP contribution is 2.63. The Hall–Kier alpha value is -1.59. The molecule has 1 aromatic rings. The van der Waals surface area contributed by atoms with Gasteiger partial charge in [0.15, 0.2) is 5.78 Å². The number of Topliss-reactive ketones (excluding diaryl/α,β-unsaturated/α-hetero) is 1. The van der Waals surface area contributed by atoms with Gasteiger partial charge in [-0.15, -0.1) is 0 Å². The first-order chi connectivity index (χ1) is 16.1. The molecule has 1 aliphatic heterocycles. The number of methoxy groups -OCH3 is 2. The second kappa shape index (κ2) is 9.81. The van der Waals surface area contributed by atoms with Crippen molar-refractivity contribution in [3.05, 3.63) is 23.8 Å². The third-order valence-electron chi connectivity index (χ3n) is 9.80. The minimum atomic E-state index is 0.0140. The van der Waals surface area contributed by atoms with Crippen LogP contribution in [-0.4, -0.2) is 69.6 Å². The maximum atomic E-state index is 14.4. The summed E-state index contributed by atoms with van der Waals surface area (Å²) in [5.74, 6) is 3.11. The highest BCUT2D eigenvalue weighted by Gasteiger charge is 2.58. The fraction of sp³-hybridized carbons (Fsp3) is 0.759. The molecule has 0 spiro atoms. The van der Waals surface area contributed by atoms with E-state index in [9.17, 15) is 4.79 Å². The maximum Gasteiger partial charge on any atom is 0.167 e. The lowest BCUT2D eigenvalue weighted by molar-refractivity contribution is -0.107. The lowest BCUT2D eigenvalue weighted by Gasteiger charge is -2.61. The number of fused-ring (bicyclic) bond motifs is 1. The zero-order chi connectivity index (χ0) is 24.7. The third-order valence-corrected chi connectivity index (χ3v) is 9.80. The van der Waals surface area contributed by atoms with Gasteiger partial charge in [-0.25, -0.2) is 0 Å². The summed E-state index contributed by atoms with van der Waals surface area (Å²) < 4.78 is 11.0. The van der Waals surface area contributed by atoms with Gasteiger partial charge in [-0.3, -0.25) is 4.79 Å². The van der Waals surface area contributed by atoms with E-state index in [1.165, 1.54) is 19.3 Å². The lowest BCUT2D eigenvalue weighted by atomic mass is 9.44. The zero-order valence-electron chi connectivity index (χ0n) is 22.5. The molecule has 0 bridgehead atoms. The number of piperazine rings is 1. The Kier molecular flexibility index (Phi) is 7.36. The molecule has 1 unspecified atom stereocenters. The van der Waals surface area contributed by atoms with E-state index >= 15 is 0 Å². The predicted octanol–water partition coefficient (Wildman–Crippen LogP) is 5.24. The summed E-state index contributed by atoms with van der Waals surface area (Å²) in [7, 11) is 5.52. The van der Waals surface area contributed by atoms with Gasteiger partial charge in [0.05, 0.1) is 14.2 Å². The number of benzene rings is 1. The van der Waals surface area contributed by atoms with Crippen LogP contribution in [0.1, 0.15) is 63.7 Å². The number of nitrogens with zero attached hydrogens (tertiary/aromatic N) is 2. The van der Waals surface area contributed by atoms with Crippen LogP contribution in [0.5, 0.6) is 11.5 Å². The second-order valence-corrected chi connectivity index (χ2v) is 12.3. The van der Waals surface area contributed by atoms with Gasteiger partial charge in [-0.1, -0.05) is 34.1 Å². The van der Waals surface area contributed by atoms with Crippen molar-refractivity contribution in [1.29, 1.82) is 0 Å². The minimum Gasteiger partial charge on any atom is -0.497 e. The highest BCUT2D eigenvalue weighted by molar-refractivity contribution is 5.99. The summed E-state index contributed by atoms with van der Waals surface area (Å²) in [6.45, 7) is 15.4. The average molecular weight is 471 g/mol. The first-order valence-electron chi connectivity index (χ1n) is 13.3. The van der Waals surface area contributed by atoms with Crippen molar-refractivity contribution in [2.24, 2.45) is 34.5 Å². The number of ether oxygens (including phenoxy) is 2. The van der Waals surface area contributed by atoms with Crippen molar-refractivity contribution >= 4 is 5.78 Å². The molecule has 2 saturated carbocycles. The molecule has 3 aliphatic rings. The van der Waals surface area contributed by atoms with Crippen molar-refractivity contribution in [3.63, 3.8) is 0 Å². The third kappa shape index (κ3) is 4.75. The summed E-state index contributed by atoms with van der Waals surface area (Å²) in [6.07, 6.45) is 4.85. The van der Waals surface area contributed by atoms with Crippen LogP contribution in [0.3, 0.4) is 0 Å². The predicted molar refractivity (Wildman–Crippen MR) is 138 cm³/mol. The van der Waals surface area contributed by atoms with Crippen molar-refractivity contribution in [2.45, 2.75) is 53.4 Å². The molecular formula is C29H46N2O3. The number of rotatable bonds is 6. The van der Waals surface area contributed by atoms with Gasteiger partial charge in [0, 0.05) is 50.3 Å². The van der Waals surface area contributed by atoms with Crippen LogP contribution in [-0.2, 0) is 0 Å². The SMILES string of the molecule is COc1cc(OC)cc(C(=O)[C@H]2[C@H](C)[C@@H](CN3CCN(C)CC3)CC3C(C)(C)CCC[C@@]32C)c1. The number of hydrogen-bond donors (Lipinski definition) is 0. The summed E-state index contributed by atoms with van der Waals surface area (Å²) in [6, 6.07) is 5.67. The van der Waals surface area contributed by atoms with E-state index in [-0.39, 0.29) is 22.5 Å². The normalized spacial score (nSPS) is 34.3. The van der Waals surface area contributed by atoms with E-state index in [0.717, 1.165) is 44.7 Å². The number of likely N-dealkylation sites (N-methyl/N-ethyl adjacent to an activating group) is 1. The van der Waals surface area contributed by atoms with Crippen LogP contribution >= 0.6 is 0 Å². The van der Waals surface area contributed by atoms with Gasteiger partial charge in [-0.2, -0.15) is 0 Å². The topological polar surface area (TPSA) is 42.0 Å². The molecule has 1 aromatic carbocycles. The summed E-state index contributed by atoms with van der Waals surface area (Å²) in [5, 5.41) is 0. The van der Waals surface area contributed by atoms with E-state index in [1.54, 1.807) is 14.2 Å². The monoisotopic (exact) mass is 470 g/mol. The van der Waals surface area contributed by atoms with Crippen LogP contribution in [0.15, 0.2) is 18.2 Å². The second-order valence-electron chi connectivity index (χ2n) is 12.3. The fourth-order valence-corrected chi connectivity index (χ4v) is 7.79. The van der Waals surface area contributed by atoms with Gasteiger partial charge in [0.1, 0.15) is 11.5 Å². The molecule has 4 rings (SSSR count). The molecule has 5 heteroatoms. The molecule has 3 fully saturated rings. The number of hydrogen-bond acceptors (Lipinski definition) is 5. The van der Waals surface area contributed by atoms with Gasteiger partial charge in [0.25, 0.3) is 0 Å². The molecule has 1 heterocycles. The first kappa shape index (κ1) is 25.5. The molecule has 34 heavy (non-hydrogen) atoms. The van der Waals surface area contributed by atoms with Crippen molar-refractivity contribution < 1.29 is 14.3 Å². The van der Waals surface area contributed by atoms with E-state index in [1.807, 2.05) is 18.2 Å². The van der Waals surface area contributed by atoms with Gasteiger partial charge >= 0.3 is 0 Å². The lowest BCUT2D eigenvalue weighted by Crippen LogP contribution is -2.58. The molecule has 5 atom stereocenters. The molecule has 0 N–H and O–H groups in total. The summed E-state index contributed by atoms with van der Waals surface area (Å²) in [4.78, 5) is 19.4. The molecule has 1 saturated heterocycles. The fourth-order valence-electron chi connectivity index (χ4n) is 7.79. The molecule has 190 valence electrons. The molecular weight excluding hydrogens is 424 g/mol. The van der Waals surface area contributed by atoms with E-state index in [4.69, 9.17) is 9.47 Å². The Morgan fingerprint density at radius 2 is 1.62 bits per heavy atom. The van der Waals surface area contributed by atoms with Crippen LogP contribution < -0.4 is 9.47 Å². The van der Waals surface area contributed by atoms with Crippen LogP contribution in [0.2, 0.25) is 0 Å². The van der Waals surface area contributed by atoms with E-state index in [0.29, 0.717) is 29.3 Å².